The molecule has 1 fully saturated rings. The average Bonchev–Trinajstić information content (AvgIpc) is 2.54. The average molecular weight is 242 g/mol. The zero-order valence-corrected chi connectivity index (χ0v) is 10.1. The molecule has 0 bridgehead atoms. The van der Waals surface area contributed by atoms with Crippen LogP contribution in [0.25, 0.3) is 0 Å². The number of hydrogen-bond acceptors (Lipinski definition) is 2. The van der Waals surface area contributed by atoms with E-state index >= 15 is 0 Å². The minimum Gasteiger partial charge on any atom is -0.342 e. The van der Waals surface area contributed by atoms with Gasteiger partial charge in [-0.3, -0.25) is 4.79 Å². The summed E-state index contributed by atoms with van der Waals surface area (Å²) in [6, 6.07) is 1.86. The third-order valence-corrected chi connectivity index (χ3v) is 2.95. The molecule has 2 heterocycles. The van der Waals surface area contributed by atoms with Gasteiger partial charge in [-0.1, -0.05) is 18.5 Å². The lowest BCUT2D eigenvalue weighted by atomic mass is 10.1. The Hall–Kier alpha value is -1.00. The van der Waals surface area contributed by atoms with Crippen molar-refractivity contribution in [3.05, 3.63) is 23.0 Å². The first-order valence-corrected chi connectivity index (χ1v) is 5.90. The Morgan fingerprint density at radius 1 is 1.62 bits per heavy atom. The maximum atomic E-state index is 12.1. The van der Waals surface area contributed by atoms with Crippen LogP contribution in [0.5, 0.6) is 0 Å². The van der Waals surface area contributed by atoms with Crippen LogP contribution in [0.1, 0.15) is 23.8 Å². The van der Waals surface area contributed by atoms with Gasteiger partial charge in [-0.15, -0.1) is 0 Å². The molecule has 0 saturated carbocycles. The van der Waals surface area contributed by atoms with Gasteiger partial charge in [0.05, 0.1) is 5.02 Å². The highest BCUT2D eigenvalue weighted by molar-refractivity contribution is 6.31. The van der Waals surface area contributed by atoms with Gasteiger partial charge in [-0.25, -0.2) is 0 Å². The lowest BCUT2D eigenvalue weighted by molar-refractivity contribution is 0.0596. The Bertz CT molecular complexity index is 396. The Morgan fingerprint density at radius 2 is 2.31 bits per heavy atom. The number of carbonyl (C=O) groups is 1. The van der Waals surface area contributed by atoms with Crippen LogP contribution in [0.3, 0.4) is 0 Å². The van der Waals surface area contributed by atoms with E-state index in [0.29, 0.717) is 23.8 Å². The molecule has 1 aromatic rings. The van der Waals surface area contributed by atoms with E-state index < -0.39 is 0 Å². The summed E-state index contributed by atoms with van der Waals surface area (Å²) in [5.74, 6) is 0.0297. The monoisotopic (exact) mass is 241 g/mol. The first-order valence-electron chi connectivity index (χ1n) is 5.52. The van der Waals surface area contributed by atoms with Gasteiger partial charge in [-0.2, -0.15) is 0 Å². The topological polar surface area (TPSA) is 51.3 Å². The van der Waals surface area contributed by atoms with Crippen LogP contribution in [0, 0.1) is 0 Å². The summed E-state index contributed by atoms with van der Waals surface area (Å²) in [7, 11) is 0. The third-order valence-electron chi connectivity index (χ3n) is 2.74. The molecule has 1 aliphatic heterocycles. The molecule has 0 aromatic carbocycles. The normalized spacial score (nSPS) is 16.3. The number of aryl methyl sites for hydroxylation is 1. The maximum Gasteiger partial charge on any atom is 0.270 e. The maximum absolute atomic E-state index is 12.1. The summed E-state index contributed by atoms with van der Waals surface area (Å²) >= 11 is 5.92. The molecule has 0 unspecified atom stereocenters. The molecule has 88 valence electrons. The van der Waals surface area contributed by atoms with Gasteiger partial charge < -0.3 is 15.2 Å². The van der Waals surface area contributed by atoms with Gasteiger partial charge in [-0.05, 0) is 12.5 Å². The predicted octanol–water partition coefficient (Wildman–Crippen LogP) is 1.33. The molecule has 1 aliphatic rings. The van der Waals surface area contributed by atoms with Crippen molar-refractivity contribution in [2.24, 2.45) is 5.73 Å². The zero-order valence-electron chi connectivity index (χ0n) is 9.32. The van der Waals surface area contributed by atoms with Crippen LogP contribution in [0.15, 0.2) is 12.3 Å². The number of likely N-dealkylation sites (tertiary alicyclic amines) is 1. The van der Waals surface area contributed by atoms with Crippen molar-refractivity contribution in [3.8, 4) is 0 Å². The van der Waals surface area contributed by atoms with Crippen molar-refractivity contribution >= 4 is 17.5 Å². The molecule has 5 heteroatoms. The first kappa shape index (κ1) is 11.5. The Morgan fingerprint density at radius 3 is 2.88 bits per heavy atom. The Kier molecular flexibility index (Phi) is 3.21. The number of halogens is 1. The van der Waals surface area contributed by atoms with Crippen molar-refractivity contribution in [1.82, 2.24) is 9.47 Å². The highest BCUT2D eigenvalue weighted by Crippen LogP contribution is 2.18. The first-order chi connectivity index (χ1) is 7.61. The molecule has 2 rings (SSSR count). The summed E-state index contributed by atoms with van der Waals surface area (Å²) in [4.78, 5) is 13.8. The van der Waals surface area contributed by atoms with Gasteiger partial charge in [0.1, 0.15) is 5.69 Å². The zero-order chi connectivity index (χ0) is 11.7. The van der Waals surface area contributed by atoms with Gasteiger partial charge in [0.15, 0.2) is 0 Å². The van der Waals surface area contributed by atoms with Crippen molar-refractivity contribution in [1.29, 1.82) is 0 Å². The highest BCUT2D eigenvalue weighted by Gasteiger charge is 2.29. The molecule has 16 heavy (non-hydrogen) atoms. The molecule has 1 aromatic heterocycles. The molecular formula is C11H16ClN3O. The van der Waals surface area contributed by atoms with Crippen molar-refractivity contribution in [2.75, 3.05) is 13.1 Å². The number of nitrogens with zero attached hydrogens (tertiary/aromatic N) is 2. The largest absolute Gasteiger partial charge is 0.342 e. The third kappa shape index (κ3) is 2.08. The van der Waals surface area contributed by atoms with E-state index in [1.54, 1.807) is 17.2 Å². The van der Waals surface area contributed by atoms with E-state index in [-0.39, 0.29) is 11.9 Å². The van der Waals surface area contributed by atoms with E-state index in [0.717, 1.165) is 13.0 Å². The number of carbonyl (C=O) groups excluding carboxylic acids is 1. The van der Waals surface area contributed by atoms with Gasteiger partial charge >= 0.3 is 0 Å². The van der Waals surface area contributed by atoms with Gasteiger partial charge in [0.25, 0.3) is 5.91 Å². The summed E-state index contributed by atoms with van der Waals surface area (Å²) < 4.78 is 1.91. The molecule has 0 aliphatic carbocycles. The second-order valence-corrected chi connectivity index (χ2v) is 4.64. The summed E-state index contributed by atoms with van der Waals surface area (Å²) in [6.07, 6.45) is 2.78. The quantitative estimate of drug-likeness (QED) is 0.868. The van der Waals surface area contributed by atoms with Gasteiger partial charge in [0, 0.05) is 31.9 Å². The minimum absolute atomic E-state index is 0.0297. The highest BCUT2D eigenvalue weighted by atomic mass is 35.5. The van der Waals surface area contributed by atoms with Crippen LogP contribution in [-0.4, -0.2) is 34.5 Å². The molecule has 2 N–H and O–H groups in total. The second kappa shape index (κ2) is 4.47. The van der Waals surface area contributed by atoms with Crippen LogP contribution < -0.4 is 5.73 Å². The molecular weight excluding hydrogens is 226 g/mol. The smallest absolute Gasteiger partial charge is 0.270 e. The molecule has 4 nitrogen and oxygen atoms in total. The van der Waals surface area contributed by atoms with E-state index in [9.17, 15) is 4.79 Å². The lowest BCUT2D eigenvalue weighted by Crippen LogP contribution is -2.58. The number of aromatic nitrogens is 1. The van der Waals surface area contributed by atoms with E-state index in [1.165, 1.54) is 0 Å². The molecule has 1 amide bonds. The Labute approximate surface area is 100.0 Å². The number of nitrogens with two attached hydrogens (primary N) is 1. The molecule has 1 saturated heterocycles. The number of hydrogen-bond donors (Lipinski definition) is 1. The molecule has 0 atom stereocenters. The summed E-state index contributed by atoms with van der Waals surface area (Å²) in [6.45, 7) is 4.18. The van der Waals surface area contributed by atoms with Crippen molar-refractivity contribution < 1.29 is 4.79 Å². The van der Waals surface area contributed by atoms with Crippen LogP contribution in [0.4, 0.5) is 0 Å². The number of rotatable bonds is 3. The van der Waals surface area contributed by atoms with Crippen LogP contribution in [-0.2, 0) is 6.54 Å². The SMILES string of the molecule is CCCn1cc(Cl)cc1C(=O)N1CC(N)C1. The van der Waals surface area contributed by atoms with Crippen LogP contribution >= 0.6 is 11.6 Å². The predicted molar refractivity (Wildman–Crippen MR) is 63.6 cm³/mol. The summed E-state index contributed by atoms with van der Waals surface area (Å²) in [5, 5.41) is 0.613. The fraction of sp³-hybridized carbons (Fsp3) is 0.545. The van der Waals surface area contributed by atoms with Crippen LogP contribution in [0.2, 0.25) is 5.02 Å². The minimum atomic E-state index is 0.0297. The fourth-order valence-electron chi connectivity index (χ4n) is 1.92. The molecule has 0 spiro atoms. The second-order valence-electron chi connectivity index (χ2n) is 4.21. The van der Waals surface area contributed by atoms with E-state index in [1.807, 2.05) is 4.57 Å². The number of amides is 1. The lowest BCUT2D eigenvalue weighted by Gasteiger charge is -2.36. The van der Waals surface area contributed by atoms with E-state index in [4.69, 9.17) is 17.3 Å². The van der Waals surface area contributed by atoms with E-state index in [2.05, 4.69) is 6.92 Å². The summed E-state index contributed by atoms with van der Waals surface area (Å²) in [5.41, 5.74) is 6.33. The van der Waals surface area contributed by atoms with Crippen molar-refractivity contribution in [3.63, 3.8) is 0 Å². The van der Waals surface area contributed by atoms with Gasteiger partial charge in [0.2, 0.25) is 0 Å². The standard InChI is InChI=1S/C11H16ClN3O/c1-2-3-14-5-8(12)4-10(14)11(16)15-6-9(13)7-15/h4-5,9H,2-3,6-7,13H2,1H3. The Balaban J connectivity index is 2.15. The fourth-order valence-corrected chi connectivity index (χ4v) is 2.14. The van der Waals surface area contributed by atoms with Crippen molar-refractivity contribution in [2.45, 2.75) is 25.9 Å². The molecule has 0 radical (unpaired) electrons.